The second kappa shape index (κ2) is 7.66. The van der Waals surface area contributed by atoms with E-state index in [4.69, 9.17) is 9.47 Å². The minimum absolute atomic E-state index is 0.227. The van der Waals surface area contributed by atoms with Gasteiger partial charge in [0.2, 0.25) is 5.91 Å². The molecule has 0 saturated heterocycles. The van der Waals surface area contributed by atoms with Gasteiger partial charge in [0.05, 0.1) is 19.8 Å². The molecule has 0 radical (unpaired) electrons. The number of amides is 1. The number of methoxy groups -OCH3 is 2. The second-order valence-electron chi connectivity index (χ2n) is 4.41. The Morgan fingerprint density at radius 1 is 1.05 bits per heavy atom. The molecule has 0 atom stereocenters. The maximum atomic E-state index is 12.0. The number of anilines is 1. The summed E-state index contributed by atoms with van der Waals surface area (Å²) in [6.45, 7) is 0. The summed E-state index contributed by atoms with van der Waals surface area (Å²) in [5.41, 5.74) is 1.45. The molecule has 5 heteroatoms. The predicted molar refractivity (Wildman–Crippen MR) is 91.4 cm³/mol. The van der Waals surface area contributed by atoms with E-state index in [-0.39, 0.29) is 5.91 Å². The van der Waals surface area contributed by atoms with Crippen LogP contribution >= 0.6 is 15.9 Å². The van der Waals surface area contributed by atoms with E-state index in [1.807, 2.05) is 42.5 Å². The molecule has 22 heavy (non-hydrogen) atoms. The first-order valence-corrected chi connectivity index (χ1v) is 7.39. The van der Waals surface area contributed by atoms with Gasteiger partial charge in [0, 0.05) is 16.2 Å². The lowest BCUT2D eigenvalue weighted by Crippen LogP contribution is -2.07. The van der Waals surface area contributed by atoms with Gasteiger partial charge in [0.25, 0.3) is 0 Å². The standard InChI is InChI=1S/C17H16BrNO3/c1-21-15-4-3-5-16(22-2)14(15)10-11-17(20)19-13-8-6-12(18)7-9-13/h3-11H,1-2H3,(H,19,20)/b11-10+. The molecule has 2 rings (SSSR count). The van der Waals surface area contributed by atoms with Crippen LogP contribution in [0.5, 0.6) is 11.5 Å². The third kappa shape index (κ3) is 4.11. The summed E-state index contributed by atoms with van der Waals surface area (Å²) >= 11 is 3.35. The number of carbonyl (C=O) groups is 1. The molecule has 0 bridgehead atoms. The van der Waals surface area contributed by atoms with Crippen molar-refractivity contribution < 1.29 is 14.3 Å². The average Bonchev–Trinajstić information content (AvgIpc) is 2.54. The molecule has 0 aliphatic heterocycles. The van der Waals surface area contributed by atoms with Crippen molar-refractivity contribution in [1.82, 2.24) is 0 Å². The third-order valence-corrected chi connectivity index (χ3v) is 3.51. The van der Waals surface area contributed by atoms with Crippen LogP contribution in [-0.2, 0) is 4.79 Å². The maximum absolute atomic E-state index is 12.0. The number of hydrogen-bond acceptors (Lipinski definition) is 3. The van der Waals surface area contributed by atoms with Crippen LogP contribution in [0.15, 0.2) is 53.0 Å². The quantitative estimate of drug-likeness (QED) is 0.814. The zero-order valence-corrected chi connectivity index (χ0v) is 13.9. The van der Waals surface area contributed by atoms with E-state index in [1.165, 1.54) is 6.08 Å². The van der Waals surface area contributed by atoms with E-state index >= 15 is 0 Å². The number of rotatable bonds is 5. The Hall–Kier alpha value is -2.27. The molecule has 4 nitrogen and oxygen atoms in total. The first-order valence-electron chi connectivity index (χ1n) is 6.59. The fraction of sp³-hybridized carbons (Fsp3) is 0.118. The van der Waals surface area contributed by atoms with E-state index < -0.39 is 0 Å². The summed E-state index contributed by atoms with van der Waals surface area (Å²) < 4.78 is 11.5. The lowest BCUT2D eigenvalue weighted by atomic mass is 10.1. The number of benzene rings is 2. The van der Waals surface area contributed by atoms with Gasteiger partial charge in [-0.1, -0.05) is 22.0 Å². The van der Waals surface area contributed by atoms with Crippen molar-refractivity contribution in [1.29, 1.82) is 0 Å². The molecular formula is C17H16BrNO3. The van der Waals surface area contributed by atoms with Crippen LogP contribution in [0.2, 0.25) is 0 Å². The Balaban J connectivity index is 2.14. The molecule has 114 valence electrons. The third-order valence-electron chi connectivity index (χ3n) is 2.98. The van der Waals surface area contributed by atoms with Crippen molar-refractivity contribution in [2.45, 2.75) is 0 Å². The summed E-state index contributed by atoms with van der Waals surface area (Å²) in [7, 11) is 3.15. The van der Waals surface area contributed by atoms with Crippen LogP contribution in [0.4, 0.5) is 5.69 Å². The molecule has 0 fully saturated rings. The Kier molecular flexibility index (Phi) is 5.61. The van der Waals surface area contributed by atoms with Crippen molar-refractivity contribution in [2.24, 2.45) is 0 Å². The molecule has 0 saturated carbocycles. The zero-order valence-electron chi connectivity index (χ0n) is 12.3. The van der Waals surface area contributed by atoms with Gasteiger partial charge in [-0.25, -0.2) is 0 Å². The zero-order chi connectivity index (χ0) is 15.9. The molecule has 1 amide bonds. The molecule has 0 aliphatic rings. The number of halogens is 1. The minimum atomic E-state index is -0.227. The molecule has 0 aromatic heterocycles. The molecule has 2 aromatic carbocycles. The minimum Gasteiger partial charge on any atom is -0.496 e. The van der Waals surface area contributed by atoms with Crippen LogP contribution in [-0.4, -0.2) is 20.1 Å². The number of hydrogen-bond donors (Lipinski definition) is 1. The summed E-state index contributed by atoms with van der Waals surface area (Å²) in [6.07, 6.45) is 3.12. The highest BCUT2D eigenvalue weighted by atomic mass is 79.9. The number of nitrogens with one attached hydrogen (secondary N) is 1. The summed E-state index contributed by atoms with van der Waals surface area (Å²) in [5, 5.41) is 2.79. The smallest absolute Gasteiger partial charge is 0.248 e. The van der Waals surface area contributed by atoms with Crippen LogP contribution in [0.3, 0.4) is 0 Å². The lowest BCUT2D eigenvalue weighted by Gasteiger charge is -2.09. The van der Waals surface area contributed by atoms with Gasteiger partial charge >= 0.3 is 0 Å². The van der Waals surface area contributed by atoms with E-state index in [2.05, 4.69) is 21.2 Å². The van der Waals surface area contributed by atoms with E-state index in [9.17, 15) is 4.79 Å². The normalized spacial score (nSPS) is 10.5. The van der Waals surface area contributed by atoms with Gasteiger partial charge in [0.15, 0.2) is 0 Å². The van der Waals surface area contributed by atoms with Gasteiger partial charge in [-0.15, -0.1) is 0 Å². The largest absolute Gasteiger partial charge is 0.496 e. The first kappa shape index (κ1) is 16.1. The lowest BCUT2D eigenvalue weighted by molar-refractivity contribution is -0.111. The van der Waals surface area contributed by atoms with E-state index in [0.717, 1.165) is 15.7 Å². The topological polar surface area (TPSA) is 47.6 Å². The van der Waals surface area contributed by atoms with Gasteiger partial charge in [0.1, 0.15) is 11.5 Å². The van der Waals surface area contributed by atoms with Gasteiger partial charge in [-0.05, 0) is 42.5 Å². The second-order valence-corrected chi connectivity index (χ2v) is 5.32. The predicted octanol–water partition coefficient (Wildman–Crippen LogP) is 4.12. The Bertz CT molecular complexity index is 659. The van der Waals surface area contributed by atoms with Gasteiger partial charge < -0.3 is 14.8 Å². The van der Waals surface area contributed by atoms with Crippen molar-refractivity contribution in [3.05, 3.63) is 58.6 Å². The van der Waals surface area contributed by atoms with E-state index in [0.29, 0.717) is 11.5 Å². The Morgan fingerprint density at radius 3 is 2.18 bits per heavy atom. The molecule has 0 unspecified atom stereocenters. The molecule has 2 aromatic rings. The van der Waals surface area contributed by atoms with Gasteiger partial charge in [-0.2, -0.15) is 0 Å². The van der Waals surface area contributed by atoms with Crippen molar-refractivity contribution in [3.8, 4) is 11.5 Å². The summed E-state index contributed by atoms with van der Waals surface area (Å²) in [4.78, 5) is 12.0. The van der Waals surface area contributed by atoms with Crippen LogP contribution in [0.25, 0.3) is 6.08 Å². The van der Waals surface area contributed by atoms with Gasteiger partial charge in [-0.3, -0.25) is 4.79 Å². The summed E-state index contributed by atoms with van der Waals surface area (Å²) in [6, 6.07) is 12.8. The first-order chi connectivity index (χ1) is 10.6. The Labute approximate surface area is 137 Å². The number of ether oxygens (including phenoxy) is 2. The summed E-state index contributed by atoms with van der Waals surface area (Å²) in [5.74, 6) is 1.06. The van der Waals surface area contributed by atoms with Crippen LogP contribution in [0, 0.1) is 0 Å². The molecular weight excluding hydrogens is 346 g/mol. The molecule has 0 aliphatic carbocycles. The van der Waals surface area contributed by atoms with Crippen LogP contribution < -0.4 is 14.8 Å². The maximum Gasteiger partial charge on any atom is 0.248 e. The molecule has 0 heterocycles. The average molecular weight is 362 g/mol. The highest BCUT2D eigenvalue weighted by molar-refractivity contribution is 9.10. The van der Waals surface area contributed by atoms with E-state index in [1.54, 1.807) is 20.3 Å². The van der Waals surface area contributed by atoms with Crippen molar-refractivity contribution in [3.63, 3.8) is 0 Å². The van der Waals surface area contributed by atoms with Crippen LogP contribution in [0.1, 0.15) is 5.56 Å². The highest BCUT2D eigenvalue weighted by Gasteiger charge is 2.07. The van der Waals surface area contributed by atoms with Crippen molar-refractivity contribution in [2.75, 3.05) is 19.5 Å². The van der Waals surface area contributed by atoms with Crippen molar-refractivity contribution >= 4 is 33.6 Å². The molecule has 1 N–H and O–H groups in total. The SMILES string of the molecule is COc1cccc(OC)c1/C=C/C(=O)Nc1ccc(Br)cc1. The fourth-order valence-electron chi connectivity index (χ4n) is 1.92. The Morgan fingerprint density at radius 2 is 1.64 bits per heavy atom. The highest BCUT2D eigenvalue weighted by Crippen LogP contribution is 2.29. The number of carbonyl (C=O) groups excluding carboxylic acids is 1. The monoisotopic (exact) mass is 361 g/mol. The fourth-order valence-corrected chi connectivity index (χ4v) is 2.18. The molecule has 0 spiro atoms.